The molecule has 0 saturated heterocycles. The molecule has 2 saturated carbocycles. The van der Waals surface area contributed by atoms with Crippen molar-refractivity contribution in [2.24, 2.45) is 5.73 Å². The minimum Gasteiger partial charge on any atom is -0.325 e. The lowest BCUT2D eigenvalue weighted by Gasteiger charge is -2.34. The fourth-order valence-corrected chi connectivity index (χ4v) is 1.69. The van der Waals surface area contributed by atoms with E-state index >= 15 is 0 Å². The van der Waals surface area contributed by atoms with E-state index in [1.54, 1.807) is 0 Å². The number of alkyl halides is 1. The van der Waals surface area contributed by atoms with Crippen LogP contribution in [0.15, 0.2) is 0 Å². The Balaban J connectivity index is 1.73. The lowest BCUT2D eigenvalue weighted by Crippen LogP contribution is -2.34. The van der Waals surface area contributed by atoms with Gasteiger partial charge in [-0.25, -0.2) is 4.39 Å². The summed E-state index contributed by atoms with van der Waals surface area (Å²) in [4.78, 5) is 0. The fourth-order valence-electron chi connectivity index (χ4n) is 1.69. The molecule has 0 aromatic heterocycles. The van der Waals surface area contributed by atoms with Crippen molar-refractivity contribution in [2.45, 2.75) is 56.2 Å². The van der Waals surface area contributed by atoms with Gasteiger partial charge in [-0.3, -0.25) is 0 Å². The molecule has 0 aliphatic heterocycles. The molecule has 2 rings (SSSR count). The lowest BCUT2D eigenvalue weighted by atomic mass is 9.78. The Bertz CT molecular complexity index is 159. The molecule has 0 aromatic rings. The predicted octanol–water partition coefficient (Wildman–Crippen LogP) is 2.15. The Morgan fingerprint density at radius 3 is 2.09 bits per heavy atom. The van der Waals surface area contributed by atoms with Crippen molar-refractivity contribution < 1.29 is 4.39 Å². The number of halogens is 1. The molecule has 0 amide bonds. The van der Waals surface area contributed by atoms with E-state index in [-0.39, 0.29) is 5.54 Å². The van der Waals surface area contributed by atoms with Gasteiger partial charge in [0.1, 0.15) is 5.67 Å². The SMILES string of the molecule is NC1(CCC2(F)CCC2)CC1. The van der Waals surface area contributed by atoms with Crippen molar-refractivity contribution in [2.75, 3.05) is 0 Å². The van der Waals surface area contributed by atoms with Crippen molar-refractivity contribution in [3.05, 3.63) is 0 Å². The smallest absolute Gasteiger partial charge is 0.111 e. The van der Waals surface area contributed by atoms with Gasteiger partial charge in [0.05, 0.1) is 0 Å². The van der Waals surface area contributed by atoms with Gasteiger partial charge < -0.3 is 5.73 Å². The fraction of sp³-hybridized carbons (Fsp3) is 1.00. The van der Waals surface area contributed by atoms with Gasteiger partial charge in [-0.05, 0) is 44.9 Å². The average molecular weight is 157 g/mol. The Morgan fingerprint density at radius 1 is 1.09 bits per heavy atom. The molecule has 64 valence electrons. The lowest BCUT2D eigenvalue weighted by molar-refractivity contribution is 0.0488. The highest BCUT2D eigenvalue weighted by Gasteiger charge is 2.43. The molecular weight excluding hydrogens is 141 g/mol. The van der Waals surface area contributed by atoms with Crippen LogP contribution in [0.1, 0.15) is 44.9 Å². The molecule has 0 atom stereocenters. The number of nitrogens with two attached hydrogens (primary N) is 1. The molecule has 0 heterocycles. The molecule has 2 heteroatoms. The van der Waals surface area contributed by atoms with Gasteiger partial charge in [-0.2, -0.15) is 0 Å². The van der Waals surface area contributed by atoms with E-state index in [4.69, 9.17) is 5.73 Å². The van der Waals surface area contributed by atoms with Crippen LogP contribution in [0.25, 0.3) is 0 Å². The van der Waals surface area contributed by atoms with Crippen LogP contribution in [-0.2, 0) is 0 Å². The van der Waals surface area contributed by atoms with E-state index in [2.05, 4.69) is 0 Å². The Morgan fingerprint density at radius 2 is 1.73 bits per heavy atom. The first-order valence-corrected chi connectivity index (χ1v) is 4.60. The Labute approximate surface area is 67.2 Å². The zero-order chi connectivity index (χ0) is 7.95. The summed E-state index contributed by atoms with van der Waals surface area (Å²) in [7, 11) is 0. The van der Waals surface area contributed by atoms with Crippen LogP contribution in [0.3, 0.4) is 0 Å². The topological polar surface area (TPSA) is 26.0 Å². The molecular formula is C9H16FN. The minimum atomic E-state index is -0.811. The first kappa shape index (κ1) is 7.53. The van der Waals surface area contributed by atoms with E-state index in [0.717, 1.165) is 38.5 Å². The summed E-state index contributed by atoms with van der Waals surface area (Å²) >= 11 is 0. The van der Waals surface area contributed by atoms with Crippen molar-refractivity contribution in [3.8, 4) is 0 Å². The molecule has 2 fully saturated rings. The third-order valence-electron chi connectivity index (χ3n) is 3.21. The van der Waals surface area contributed by atoms with Gasteiger partial charge in [0.15, 0.2) is 0 Å². The van der Waals surface area contributed by atoms with Crippen molar-refractivity contribution in [1.29, 1.82) is 0 Å². The summed E-state index contributed by atoms with van der Waals surface area (Å²) in [6.45, 7) is 0. The molecule has 2 aliphatic rings. The van der Waals surface area contributed by atoms with Crippen LogP contribution >= 0.6 is 0 Å². The number of hydrogen-bond acceptors (Lipinski definition) is 1. The summed E-state index contributed by atoms with van der Waals surface area (Å²) < 4.78 is 13.4. The molecule has 1 nitrogen and oxygen atoms in total. The van der Waals surface area contributed by atoms with Crippen LogP contribution in [0.5, 0.6) is 0 Å². The van der Waals surface area contributed by atoms with Gasteiger partial charge in [-0.15, -0.1) is 0 Å². The van der Waals surface area contributed by atoms with Crippen LogP contribution in [0.4, 0.5) is 4.39 Å². The second-order valence-electron chi connectivity index (χ2n) is 4.37. The van der Waals surface area contributed by atoms with Crippen molar-refractivity contribution in [3.63, 3.8) is 0 Å². The molecule has 2 N–H and O–H groups in total. The maximum atomic E-state index is 13.4. The highest BCUT2D eigenvalue weighted by atomic mass is 19.1. The maximum absolute atomic E-state index is 13.4. The number of rotatable bonds is 3. The molecule has 2 aliphatic carbocycles. The summed E-state index contributed by atoms with van der Waals surface area (Å²) in [6.07, 6.45) is 6.49. The van der Waals surface area contributed by atoms with Gasteiger partial charge in [0.25, 0.3) is 0 Å². The standard InChI is InChI=1S/C9H16FN/c10-8(2-1-3-8)4-5-9(11)6-7-9/h1-7,11H2. The van der Waals surface area contributed by atoms with Crippen LogP contribution < -0.4 is 5.73 Å². The molecule has 11 heavy (non-hydrogen) atoms. The molecule has 0 bridgehead atoms. The van der Waals surface area contributed by atoms with Gasteiger partial charge in [0, 0.05) is 5.54 Å². The van der Waals surface area contributed by atoms with E-state index in [9.17, 15) is 4.39 Å². The van der Waals surface area contributed by atoms with Gasteiger partial charge in [-0.1, -0.05) is 0 Å². The highest BCUT2D eigenvalue weighted by molar-refractivity contribution is 5.01. The van der Waals surface area contributed by atoms with E-state index in [1.165, 1.54) is 0 Å². The van der Waals surface area contributed by atoms with Crippen LogP contribution in [0.2, 0.25) is 0 Å². The van der Waals surface area contributed by atoms with E-state index < -0.39 is 5.67 Å². The summed E-state index contributed by atoms with van der Waals surface area (Å²) in [5.41, 5.74) is 5.11. The van der Waals surface area contributed by atoms with Crippen molar-refractivity contribution in [1.82, 2.24) is 0 Å². The average Bonchev–Trinajstić information content (AvgIpc) is 2.61. The molecule has 0 radical (unpaired) electrons. The van der Waals surface area contributed by atoms with Gasteiger partial charge >= 0.3 is 0 Å². The van der Waals surface area contributed by atoms with Gasteiger partial charge in [0.2, 0.25) is 0 Å². The third-order valence-corrected chi connectivity index (χ3v) is 3.21. The maximum Gasteiger partial charge on any atom is 0.111 e. The predicted molar refractivity (Wildman–Crippen MR) is 43.1 cm³/mol. The largest absolute Gasteiger partial charge is 0.325 e. The first-order chi connectivity index (χ1) is 5.12. The summed E-state index contributed by atoms with van der Waals surface area (Å²) in [5.74, 6) is 0. The third kappa shape index (κ3) is 1.56. The monoisotopic (exact) mass is 157 g/mol. The van der Waals surface area contributed by atoms with E-state index in [0.29, 0.717) is 6.42 Å². The zero-order valence-corrected chi connectivity index (χ0v) is 6.91. The van der Waals surface area contributed by atoms with Crippen LogP contribution in [-0.4, -0.2) is 11.2 Å². The van der Waals surface area contributed by atoms with E-state index in [1.807, 2.05) is 0 Å². The number of hydrogen-bond donors (Lipinski definition) is 1. The normalized spacial score (nSPS) is 31.1. The quantitative estimate of drug-likeness (QED) is 0.667. The summed E-state index contributed by atoms with van der Waals surface area (Å²) in [6, 6.07) is 0. The second-order valence-corrected chi connectivity index (χ2v) is 4.37. The highest BCUT2D eigenvalue weighted by Crippen LogP contribution is 2.45. The molecule has 0 unspecified atom stereocenters. The molecule has 0 aromatic carbocycles. The summed E-state index contributed by atoms with van der Waals surface area (Å²) in [5, 5.41) is 0. The zero-order valence-electron chi connectivity index (χ0n) is 6.91. The second kappa shape index (κ2) is 2.19. The Kier molecular flexibility index (Phi) is 1.50. The Hall–Kier alpha value is -0.110. The molecule has 0 spiro atoms. The first-order valence-electron chi connectivity index (χ1n) is 4.60. The van der Waals surface area contributed by atoms with Crippen molar-refractivity contribution >= 4 is 0 Å². The van der Waals surface area contributed by atoms with Crippen LogP contribution in [0, 0.1) is 0 Å². The minimum absolute atomic E-state index is 0.0503.